The second-order valence-electron chi connectivity index (χ2n) is 5.30. The normalized spacial score (nSPS) is 22.9. The second-order valence-corrected chi connectivity index (χ2v) is 6.09. The van der Waals surface area contributed by atoms with Gasteiger partial charge in [-0.25, -0.2) is 0 Å². The minimum Gasteiger partial charge on any atom is -0.481 e. The molecule has 0 saturated carbocycles. The predicted octanol–water partition coefficient (Wildman–Crippen LogP) is 2.65. The molecule has 1 saturated heterocycles. The number of nitrogens with zero attached hydrogens (tertiary/aromatic N) is 2. The Hall–Kier alpha value is -0.880. The molecule has 1 N–H and O–H groups in total. The molecule has 0 aromatic carbocycles. The van der Waals surface area contributed by atoms with Crippen LogP contribution in [0, 0.1) is 5.41 Å². The van der Waals surface area contributed by atoms with Gasteiger partial charge in [-0.05, 0) is 42.1 Å². The summed E-state index contributed by atoms with van der Waals surface area (Å²) in [5, 5.41) is 14.2. The average Bonchev–Trinajstić information content (AvgIpc) is 2.76. The van der Waals surface area contributed by atoms with Gasteiger partial charge in [-0.1, -0.05) is 6.92 Å². The molecule has 5 nitrogen and oxygen atoms in total. The fourth-order valence-electron chi connectivity index (χ4n) is 2.74. The molecule has 1 aromatic heterocycles. The average molecular weight is 345 g/mol. The number of aliphatic carboxylic acids is 1. The lowest BCUT2D eigenvalue weighted by atomic mass is 9.78. The molecule has 0 bridgehead atoms. The molecule has 1 aliphatic rings. The number of hydrogen-bond acceptors (Lipinski definition) is 3. The van der Waals surface area contributed by atoms with Crippen LogP contribution in [-0.4, -0.2) is 34.1 Å². The Morgan fingerprint density at radius 2 is 2.30 bits per heavy atom. The Morgan fingerprint density at radius 1 is 1.55 bits per heavy atom. The zero-order valence-electron chi connectivity index (χ0n) is 12.0. The van der Waals surface area contributed by atoms with E-state index in [-0.39, 0.29) is 6.61 Å². The van der Waals surface area contributed by atoms with Crippen molar-refractivity contribution in [3.8, 4) is 0 Å². The summed E-state index contributed by atoms with van der Waals surface area (Å²) in [5.74, 6) is -0.772. The summed E-state index contributed by atoms with van der Waals surface area (Å²) < 4.78 is 8.30. The van der Waals surface area contributed by atoms with Gasteiger partial charge in [0.1, 0.15) is 0 Å². The lowest BCUT2D eigenvalue weighted by molar-refractivity contribution is -0.157. The first-order chi connectivity index (χ1) is 9.54. The molecule has 20 heavy (non-hydrogen) atoms. The molecule has 0 spiro atoms. The van der Waals surface area contributed by atoms with Gasteiger partial charge in [0.05, 0.1) is 27.9 Å². The largest absolute Gasteiger partial charge is 0.481 e. The minimum atomic E-state index is -0.821. The van der Waals surface area contributed by atoms with Crippen LogP contribution in [0.3, 0.4) is 0 Å². The first-order valence-electron chi connectivity index (χ1n) is 7.09. The molecule has 2 rings (SSSR count). The monoisotopic (exact) mass is 344 g/mol. The highest BCUT2D eigenvalue weighted by molar-refractivity contribution is 9.10. The van der Waals surface area contributed by atoms with Gasteiger partial charge < -0.3 is 9.84 Å². The van der Waals surface area contributed by atoms with E-state index >= 15 is 0 Å². The van der Waals surface area contributed by atoms with Gasteiger partial charge in [0.15, 0.2) is 0 Å². The maximum atomic E-state index is 11.7. The standard InChI is InChI=1S/C14H21BrN2O3/c1-3-10-12(15)11(17(4-2)16-10)8-14(13(18)19)6-5-7-20-9-14/h3-9H2,1-2H3,(H,18,19). The molecule has 1 aliphatic heterocycles. The van der Waals surface area contributed by atoms with Crippen molar-refractivity contribution in [3.05, 3.63) is 15.9 Å². The van der Waals surface area contributed by atoms with Crippen molar-refractivity contribution in [2.24, 2.45) is 5.41 Å². The van der Waals surface area contributed by atoms with Crippen LogP contribution in [0.1, 0.15) is 38.1 Å². The number of halogens is 1. The first kappa shape index (κ1) is 15.5. The molecule has 6 heteroatoms. The van der Waals surface area contributed by atoms with Crippen LogP contribution in [0.15, 0.2) is 4.47 Å². The Balaban J connectivity index is 2.35. The fourth-order valence-corrected chi connectivity index (χ4v) is 3.45. The molecular formula is C14H21BrN2O3. The number of rotatable bonds is 5. The molecule has 112 valence electrons. The van der Waals surface area contributed by atoms with E-state index in [1.54, 1.807) is 0 Å². The van der Waals surface area contributed by atoms with E-state index in [4.69, 9.17) is 4.74 Å². The van der Waals surface area contributed by atoms with E-state index in [9.17, 15) is 9.90 Å². The van der Waals surface area contributed by atoms with Crippen molar-refractivity contribution in [1.29, 1.82) is 0 Å². The van der Waals surface area contributed by atoms with Gasteiger partial charge in [-0.3, -0.25) is 9.48 Å². The van der Waals surface area contributed by atoms with E-state index in [0.29, 0.717) is 19.4 Å². The molecule has 0 radical (unpaired) electrons. The molecule has 1 unspecified atom stereocenters. The van der Waals surface area contributed by atoms with Crippen LogP contribution < -0.4 is 0 Å². The van der Waals surface area contributed by atoms with Crippen LogP contribution in [0.25, 0.3) is 0 Å². The lowest BCUT2D eigenvalue weighted by Crippen LogP contribution is -2.41. The molecule has 0 amide bonds. The number of aromatic nitrogens is 2. The second kappa shape index (κ2) is 6.26. The van der Waals surface area contributed by atoms with Crippen LogP contribution in [0.2, 0.25) is 0 Å². The Labute approximate surface area is 127 Å². The SMILES string of the molecule is CCc1nn(CC)c(CC2(C(=O)O)CCCOC2)c1Br. The summed E-state index contributed by atoms with van der Waals surface area (Å²) in [7, 11) is 0. The highest BCUT2D eigenvalue weighted by Gasteiger charge is 2.42. The van der Waals surface area contributed by atoms with Crippen LogP contribution in [0.4, 0.5) is 0 Å². The smallest absolute Gasteiger partial charge is 0.312 e. The third-order valence-corrected chi connectivity index (χ3v) is 4.89. The van der Waals surface area contributed by atoms with Gasteiger partial charge in [0, 0.05) is 19.6 Å². The van der Waals surface area contributed by atoms with E-state index in [0.717, 1.165) is 35.2 Å². The quantitative estimate of drug-likeness (QED) is 0.891. The number of carboxylic acids is 1. The molecular weight excluding hydrogens is 324 g/mol. The van der Waals surface area contributed by atoms with Crippen LogP contribution in [0.5, 0.6) is 0 Å². The fraction of sp³-hybridized carbons (Fsp3) is 0.714. The Morgan fingerprint density at radius 3 is 2.80 bits per heavy atom. The van der Waals surface area contributed by atoms with Crippen molar-refractivity contribution in [2.75, 3.05) is 13.2 Å². The maximum Gasteiger partial charge on any atom is 0.312 e. The van der Waals surface area contributed by atoms with E-state index in [1.165, 1.54) is 0 Å². The van der Waals surface area contributed by atoms with Crippen molar-refractivity contribution >= 4 is 21.9 Å². The number of carboxylic acid groups (broad SMARTS) is 1. The molecule has 1 atom stereocenters. The summed E-state index contributed by atoms with van der Waals surface area (Å²) in [6.45, 7) is 5.75. The lowest BCUT2D eigenvalue weighted by Gasteiger charge is -2.33. The third kappa shape index (κ3) is 2.76. The topological polar surface area (TPSA) is 64.4 Å². The Kier molecular flexibility index (Phi) is 4.86. The van der Waals surface area contributed by atoms with Gasteiger partial charge in [0.25, 0.3) is 0 Å². The van der Waals surface area contributed by atoms with Crippen molar-refractivity contribution in [2.45, 2.75) is 46.1 Å². The summed E-state index contributed by atoms with van der Waals surface area (Å²) in [6.07, 6.45) is 2.75. The van der Waals surface area contributed by atoms with E-state index in [2.05, 4.69) is 21.0 Å². The maximum absolute atomic E-state index is 11.7. The number of carbonyl (C=O) groups is 1. The number of aryl methyl sites for hydroxylation is 2. The van der Waals surface area contributed by atoms with E-state index in [1.807, 2.05) is 18.5 Å². The van der Waals surface area contributed by atoms with Crippen molar-refractivity contribution < 1.29 is 14.6 Å². The van der Waals surface area contributed by atoms with Crippen molar-refractivity contribution in [3.63, 3.8) is 0 Å². The van der Waals surface area contributed by atoms with Crippen LogP contribution >= 0.6 is 15.9 Å². The van der Waals surface area contributed by atoms with Crippen LogP contribution in [-0.2, 0) is 28.9 Å². The minimum absolute atomic E-state index is 0.283. The van der Waals surface area contributed by atoms with Gasteiger partial charge in [-0.15, -0.1) is 0 Å². The molecule has 1 fully saturated rings. The molecule has 1 aromatic rings. The van der Waals surface area contributed by atoms with Gasteiger partial charge in [-0.2, -0.15) is 5.10 Å². The summed E-state index contributed by atoms with van der Waals surface area (Å²) >= 11 is 3.59. The highest BCUT2D eigenvalue weighted by Crippen LogP contribution is 2.36. The van der Waals surface area contributed by atoms with Gasteiger partial charge >= 0.3 is 5.97 Å². The Bertz CT molecular complexity index is 493. The molecule has 2 heterocycles. The van der Waals surface area contributed by atoms with Crippen molar-refractivity contribution in [1.82, 2.24) is 9.78 Å². The summed E-state index contributed by atoms with van der Waals surface area (Å²) in [4.78, 5) is 11.7. The number of hydrogen-bond donors (Lipinski definition) is 1. The summed E-state index contributed by atoms with van der Waals surface area (Å²) in [5.41, 5.74) is 1.13. The zero-order chi connectivity index (χ0) is 14.8. The third-order valence-electron chi connectivity index (χ3n) is 3.98. The molecule has 0 aliphatic carbocycles. The van der Waals surface area contributed by atoms with Gasteiger partial charge in [0.2, 0.25) is 0 Å². The predicted molar refractivity (Wildman–Crippen MR) is 78.8 cm³/mol. The first-order valence-corrected chi connectivity index (χ1v) is 7.88. The van der Waals surface area contributed by atoms with E-state index < -0.39 is 11.4 Å². The highest BCUT2D eigenvalue weighted by atomic mass is 79.9. The zero-order valence-corrected chi connectivity index (χ0v) is 13.6. The summed E-state index contributed by atoms with van der Waals surface area (Å²) in [6, 6.07) is 0. The number of ether oxygens (including phenoxy) is 1.